The third-order valence-corrected chi connectivity index (χ3v) is 3.63. The molecule has 0 N–H and O–H groups in total. The first kappa shape index (κ1) is 16.6. The Kier molecular flexibility index (Phi) is 4.22. The number of aryl methyl sites for hydroxylation is 1. The molecule has 0 amide bonds. The van der Waals surface area contributed by atoms with Crippen molar-refractivity contribution < 1.29 is 22.8 Å². The summed E-state index contributed by atoms with van der Waals surface area (Å²) in [4.78, 5) is 36.5. The van der Waals surface area contributed by atoms with Gasteiger partial charge in [-0.15, -0.1) is 0 Å². The molecule has 25 heavy (non-hydrogen) atoms. The van der Waals surface area contributed by atoms with E-state index in [1.54, 1.807) is 6.92 Å². The van der Waals surface area contributed by atoms with Crippen molar-refractivity contribution in [2.75, 3.05) is 6.61 Å². The first-order chi connectivity index (χ1) is 11.9. The lowest BCUT2D eigenvalue weighted by atomic mass is 10.0. The molecule has 0 atom stereocenters. The van der Waals surface area contributed by atoms with E-state index in [4.69, 9.17) is 13.6 Å². The zero-order valence-electron chi connectivity index (χ0n) is 13.4. The van der Waals surface area contributed by atoms with Crippen LogP contribution in [0.4, 0.5) is 4.39 Å². The standard InChI is InChI=1S/C18H13FO6/c1-3-23-16(20)14-9(2)24-17(21)15-12(14)8-13(25-18(15)22)10-4-6-11(19)7-5-10/h4-8H,3H2,1-2H3. The fourth-order valence-electron chi connectivity index (χ4n) is 2.53. The van der Waals surface area contributed by atoms with Gasteiger partial charge in [0.05, 0.1) is 6.61 Å². The molecule has 3 rings (SSSR count). The summed E-state index contributed by atoms with van der Waals surface area (Å²) in [7, 11) is 0. The highest BCUT2D eigenvalue weighted by molar-refractivity contribution is 6.05. The number of ether oxygens (including phenoxy) is 1. The van der Waals surface area contributed by atoms with Gasteiger partial charge >= 0.3 is 17.2 Å². The smallest absolute Gasteiger partial charge is 0.351 e. The molecule has 0 aliphatic carbocycles. The Morgan fingerprint density at radius 1 is 1.12 bits per heavy atom. The average molecular weight is 344 g/mol. The number of benzene rings is 1. The highest BCUT2D eigenvalue weighted by Crippen LogP contribution is 2.25. The second-order valence-electron chi connectivity index (χ2n) is 5.23. The van der Waals surface area contributed by atoms with Crippen molar-refractivity contribution in [3.63, 3.8) is 0 Å². The molecule has 0 saturated carbocycles. The minimum atomic E-state index is -0.948. The Morgan fingerprint density at radius 3 is 2.40 bits per heavy atom. The van der Waals surface area contributed by atoms with Crippen molar-refractivity contribution in [3.8, 4) is 11.3 Å². The monoisotopic (exact) mass is 344 g/mol. The molecule has 0 spiro atoms. The van der Waals surface area contributed by atoms with Crippen molar-refractivity contribution in [2.45, 2.75) is 13.8 Å². The molecule has 0 aliphatic heterocycles. The number of halogens is 1. The summed E-state index contributed by atoms with van der Waals surface area (Å²) in [6.07, 6.45) is 0. The zero-order valence-corrected chi connectivity index (χ0v) is 13.4. The van der Waals surface area contributed by atoms with Crippen LogP contribution in [-0.4, -0.2) is 12.6 Å². The van der Waals surface area contributed by atoms with Crippen LogP contribution >= 0.6 is 0 Å². The predicted octanol–water partition coefficient (Wildman–Crippen LogP) is 3.04. The van der Waals surface area contributed by atoms with Gasteiger partial charge < -0.3 is 13.6 Å². The number of carbonyl (C=O) groups excluding carboxylic acids is 1. The number of rotatable bonds is 3. The highest BCUT2D eigenvalue weighted by atomic mass is 19.1. The largest absolute Gasteiger partial charge is 0.462 e. The molecule has 0 unspecified atom stereocenters. The van der Waals surface area contributed by atoms with Gasteiger partial charge in [-0.25, -0.2) is 18.8 Å². The average Bonchev–Trinajstić information content (AvgIpc) is 2.54. The number of hydrogen-bond donors (Lipinski definition) is 0. The van der Waals surface area contributed by atoms with Crippen molar-refractivity contribution in [3.05, 3.63) is 68.3 Å². The number of fused-ring (bicyclic) bond motifs is 1. The van der Waals surface area contributed by atoms with E-state index >= 15 is 0 Å². The van der Waals surface area contributed by atoms with E-state index < -0.39 is 23.0 Å². The van der Waals surface area contributed by atoms with Gasteiger partial charge in [-0.2, -0.15) is 0 Å². The van der Waals surface area contributed by atoms with E-state index in [1.165, 1.54) is 37.3 Å². The van der Waals surface area contributed by atoms with E-state index in [-0.39, 0.29) is 34.5 Å². The molecule has 0 saturated heterocycles. The van der Waals surface area contributed by atoms with Crippen LogP contribution in [-0.2, 0) is 4.74 Å². The first-order valence-electron chi connectivity index (χ1n) is 7.47. The maximum absolute atomic E-state index is 13.1. The van der Waals surface area contributed by atoms with E-state index in [0.717, 1.165) is 0 Å². The minimum absolute atomic E-state index is 0.0206. The zero-order chi connectivity index (χ0) is 18.1. The van der Waals surface area contributed by atoms with E-state index in [0.29, 0.717) is 5.56 Å². The van der Waals surface area contributed by atoms with E-state index in [9.17, 15) is 18.8 Å². The van der Waals surface area contributed by atoms with Crippen molar-refractivity contribution >= 4 is 16.7 Å². The summed E-state index contributed by atoms with van der Waals surface area (Å²) in [5, 5.41) is -0.303. The Balaban J connectivity index is 2.36. The molecular weight excluding hydrogens is 331 g/mol. The van der Waals surface area contributed by atoms with Crippen LogP contribution in [0.5, 0.6) is 0 Å². The van der Waals surface area contributed by atoms with Gasteiger partial charge in [0.25, 0.3) is 0 Å². The molecule has 128 valence electrons. The predicted molar refractivity (Wildman–Crippen MR) is 87.1 cm³/mol. The molecule has 2 heterocycles. The summed E-state index contributed by atoms with van der Waals surface area (Å²) in [6.45, 7) is 3.18. The summed E-state index contributed by atoms with van der Waals surface area (Å²) in [6, 6.07) is 6.62. The Hall–Kier alpha value is -3.22. The number of carbonyl (C=O) groups is 1. The van der Waals surface area contributed by atoms with Crippen LogP contribution in [0.25, 0.3) is 22.1 Å². The highest BCUT2D eigenvalue weighted by Gasteiger charge is 2.22. The molecule has 1 aromatic carbocycles. The van der Waals surface area contributed by atoms with Gasteiger partial charge in [-0.1, -0.05) is 0 Å². The van der Waals surface area contributed by atoms with Crippen LogP contribution in [0.15, 0.2) is 48.8 Å². The van der Waals surface area contributed by atoms with Gasteiger partial charge in [0.1, 0.15) is 22.9 Å². The third kappa shape index (κ3) is 2.96. The minimum Gasteiger partial charge on any atom is -0.462 e. The van der Waals surface area contributed by atoms with Crippen molar-refractivity contribution in [1.29, 1.82) is 0 Å². The Bertz CT molecular complexity index is 1080. The maximum atomic E-state index is 13.1. The summed E-state index contributed by atoms with van der Waals surface area (Å²) in [5.74, 6) is -1.04. The lowest BCUT2D eigenvalue weighted by Crippen LogP contribution is -2.17. The van der Waals surface area contributed by atoms with Gasteiger partial charge in [-0.05, 0) is 44.2 Å². The van der Waals surface area contributed by atoms with Crippen LogP contribution < -0.4 is 11.3 Å². The topological polar surface area (TPSA) is 86.7 Å². The Labute approximate surface area is 140 Å². The molecule has 3 aromatic rings. The maximum Gasteiger partial charge on any atom is 0.351 e. The fourth-order valence-corrected chi connectivity index (χ4v) is 2.53. The number of esters is 1. The normalized spacial score (nSPS) is 10.8. The van der Waals surface area contributed by atoms with Gasteiger partial charge in [-0.3, -0.25) is 0 Å². The van der Waals surface area contributed by atoms with Crippen LogP contribution in [0.1, 0.15) is 23.0 Å². The lowest BCUT2D eigenvalue weighted by Gasteiger charge is -2.08. The molecule has 0 aliphatic rings. The summed E-state index contributed by atoms with van der Waals surface area (Å²) < 4.78 is 28.2. The van der Waals surface area contributed by atoms with E-state index in [2.05, 4.69) is 0 Å². The SMILES string of the molecule is CCOC(=O)c1c(C)oc(=O)c2c(=O)oc(-c3ccc(F)cc3)cc12. The third-order valence-electron chi connectivity index (χ3n) is 3.63. The summed E-state index contributed by atoms with van der Waals surface area (Å²) in [5.41, 5.74) is -1.45. The van der Waals surface area contributed by atoms with Gasteiger partial charge in [0.15, 0.2) is 5.39 Å². The molecule has 0 fully saturated rings. The van der Waals surface area contributed by atoms with E-state index in [1.807, 2.05) is 0 Å². The quantitative estimate of drug-likeness (QED) is 0.679. The fraction of sp³-hybridized carbons (Fsp3) is 0.167. The molecule has 2 aromatic heterocycles. The molecule has 0 radical (unpaired) electrons. The first-order valence-corrected chi connectivity index (χ1v) is 7.47. The van der Waals surface area contributed by atoms with Crippen molar-refractivity contribution in [1.82, 2.24) is 0 Å². The molecular formula is C18H13FO6. The molecule has 7 heteroatoms. The van der Waals surface area contributed by atoms with Gasteiger partial charge in [0.2, 0.25) is 0 Å². The van der Waals surface area contributed by atoms with Crippen molar-refractivity contribution in [2.24, 2.45) is 0 Å². The Morgan fingerprint density at radius 2 is 1.76 bits per heavy atom. The molecule has 0 bridgehead atoms. The lowest BCUT2D eigenvalue weighted by molar-refractivity contribution is 0.0524. The molecule has 6 nitrogen and oxygen atoms in total. The second kappa shape index (κ2) is 6.35. The van der Waals surface area contributed by atoms with Crippen LogP contribution in [0, 0.1) is 12.7 Å². The summed E-state index contributed by atoms with van der Waals surface area (Å²) >= 11 is 0. The number of hydrogen-bond acceptors (Lipinski definition) is 6. The van der Waals surface area contributed by atoms with Crippen LogP contribution in [0.3, 0.4) is 0 Å². The second-order valence-corrected chi connectivity index (χ2v) is 5.23. The van der Waals surface area contributed by atoms with Crippen LogP contribution in [0.2, 0.25) is 0 Å². The van der Waals surface area contributed by atoms with Gasteiger partial charge in [0, 0.05) is 10.9 Å².